The van der Waals surface area contributed by atoms with Gasteiger partial charge >= 0.3 is 0 Å². The Morgan fingerprint density at radius 1 is 1.42 bits per heavy atom. The van der Waals surface area contributed by atoms with Crippen LogP contribution in [0.3, 0.4) is 0 Å². The van der Waals surface area contributed by atoms with E-state index in [9.17, 15) is 0 Å². The molecule has 0 unspecified atom stereocenters. The topological polar surface area (TPSA) is 12.5 Å². The van der Waals surface area contributed by atoms with E-state index in [0.29, 0.717) is 0 Å². The molecule has 0 N–H and O–H groups in total. The average Bonchev–Trinajstić information content (AvgIpc) is 2.06. The summed E-state index contributed by atoms with van der Waals surface area (Å²) in [5, 5.41) is 0. The van der Waals surface area contributed by atoms with E-state index in [0.717, 1.165) is 32.7 Å². The minimum atomic E-state index is 0.858. The van der Waals surface area contributed by atoms with E-state index in [2.05, 4.69) is 18.4 Å². The van der Waals surface area contributed by atoms with Gasteiger partial charge in [-0.25, -0.2) is 0 Å². The van der Waals surface area contributed by atoms with Gasteiger partial charge < -0.3 is 4.74 Å². The molecule has 12 heavy (non-hydrogen) atoms. The first-order valence-electron chi connectivity index (χ1n) is 4.67. The van der Waals surface area contributed by atoms with E-state index in [-0.39, 0.29) is 0 Å². The molecule has 0 saturated heterocycles. The third-order valence-corrected chi connectivity index (χ3v) is 1.75. The van der Waals surface area contributed by atoms with Crippen LogP contribution in [0.15, 0.2) is 12.7 Å². The van der Waals surface area contributed by atoms with Crippen LogP contribution in [0.1, 0.15) is 19.8 Å². The molecule has 0 aliphatic rings. The SMILES string of the molecule is C=CCN(CCC)CCCOC. The second kappa shape index (κ2) is 8.75. The first-order valence-corrected chi connectivity index (χ1v) is 4.67. The van der Waals surface area contributed by atoms with Crippen molar-refractivity contribution in [3.8, 4) is 0 Å². The van der Waals surface area contributed by atoms with Crippen LogP contribution < -0.4 is 0 Å². The molecular formula is C10H21NO. The normalized spacial score (nSPS) is 10.6. The molecule has 0 aromatic rings. The molecular weight excluding hydrogens is 150 g/mol. The van der Waals surface area contributed by atoms with Crippen LogP contribution >= 0.6 is 0 Å². The average molecular weight is 171 g/mol. The molecule has 0 aromatic heterocycles. The summed E-state index contributed by atoms with van der Waals surface area (Å²) >= 11 is 0. The van der Waals surface area contributed by atoms with Gasteiger partial charge in [0.15, 0.2) is 0 Å². The summed E-state index contributed by atoms with van der Waals surface area (Å²) in [4.78, 5) is 2.39. The predicted molar refractivity (Wildman–Crippen MR) is 53.4 cm³/mol. The highest BCUT2D eigenvalue weighted by molar-refractivity contribution is 4.72. The zero-order valence-electron chi connectivity index (χ0n) is 8.38. The molecule has 0 saturated carbocycles. The molecule has 0 aromatic carbocycles. The number of hydrogen-bond donors (Lipinski definition) is 0. The van der Waals surface area contributed by atoms with Crippen LogP contribution in [0, 0.1) is 0 Å². The largest absolute Gasteiger partial charge is 0.385 e. The molecule has 0 heterocycles. The number of hydrogen-bond acceptors (Lipinski definition) is 2. The Hall–Kier alpha value is -0.340. The quantitative estimate of drug-likeness (QED) is 0.408. The van der Waals surface area contributed by atoms with Crippen LogP contribution in [0.4, 0.5) is 0 Å². The van der Waals surface area contributed by atoms with E-state index in [1.54, 1.807) is 7.11 Å². The van der Waals surface area contributed by atoms with E-state index >= 15 is 0 Å². The Kier molecular flexibility index (Phi) is 8.51. The lowest BCUT2D eigenvalue weighted by atomic mass is 10.3. The van der Waals surface area contributed by atoms with E-state index in [4.69, 9.17) is 4.74 Å². The van der Waals surface area contributed by atoms with E-state index in [1.807, 2.05) is 6.08 Å². The second-order valence-corrected chi connectivity index (χ2v) is 2.94. The van der Waals surface area contributed by atoms with Gasteiger partial charge in [0, 0.05) is 26.8 Å². The lowest BCUT2D eigenvalue weighted by Crippen LogP contribution is -2.26. The van der Waals surface area contributed by atoms with Crippen molar-refractivity contribution < 1.29 is 4.74 Å². The number of methoxy groups -OCH3 is 1. The first kappa shape index (κ1) is 11.7. The highest BCUT2D eigenvalue weighted by Gasteiger charge is 1.99. The molecule has 0 bridgehead atoms. The maximum absolute atomic E-state index is 5.00. The summed E-state index contributed by atoms with van der Waals surface area (Å²) in [6, 6.07) is 0. The van der Waals surface area contributed by atoms with Crippen molar-refractivity contribution in [1.29, 1.82) is 0 Å². The van der Waals surface area contributed by atoms with Crippen molar-refractivity contribution in [1.82, 2.24) is 4.90 Å². The van der Waals surface area contributed by atoms with Gasteiger partial charge in [-0.2, -0.15) is 0 Å². The fraction of sp³-hybridized carbons (Fsp3) is 0.800. The van der Waals surface area contributed by atoms with Crippen molar-refractivity contribution in [2.45, 2.75) is 19.8 Å². The lowest BCUT2D eigenvalue weighted by molar-refractivity contribution is 0.175. The molecule has 0 spiro atoms. The Balaban J connectivity index is 3.40. The maximum Gasteiger partial charge on any atom is 0.0474 e. The lowest BCUT2D eigenvalue weighted by Gasteiger charge is -2.19. The van der Waals surface area contributed by atoms with Crippen LogP contribution in [0.5, 0.6) is 0 Å². The van der Waals surface area contributed by atoms with E-state index < -0.39 is 0 Å². The molecule has 2 nitrogen and oxygen atoms in total. The Labute approximate surface area is 76.2 Å². The van der Waals surface area contributed by atoms with Crippen LogP contribution in [0.2, 0.25) is 0 Å². The molecule has 0 amide bonds. The Bertz CT molecular complexity index is 104. The van der Waals surface area contributed by atoms with Gasteiger partial charge in [-0.05, 0) is 19.4 Å². The molecule has 0 rings (SSSR count). The van der Waals surface area contributed by atoms with Gasteiger partial charge in [0.25, 0.3) is 0 Å². The fourth-order valence-corrected chi connectivity index (χ4v) is 1.23. The zero-order valence-corrected chi connectivity index (χ0v) is 8.38. The minimum Gasteiger partial charge on any atom is -0.385 e. The second-order valence-electron chi connectivity index (χ2n) is 2.94. The Morgan fingerprint density at radius 3 is 2.67 bits per heavy atom. The fourth-order valence-electron chi connectivity index (χ4n) is 1.23. The monoisotopic (exact) mass is 171 g/mol. The van der Waals surface area contributed by atoms with Crippen molar-refractivity contribution in [3.05, 3.63) is 12.7 Å². The summed E-state index contributed by atoms with van der Waals surface area (Å²) in [5.74, 6) is 0. The van der Waals surface area contributed by atoms with Crippen LogP contribution in [-0.4, -0.2) is 38.3 Å². The third kappa shape index (κ3) is 6.38. The summed E-state index contributed by atoms with van der Waals surface area (Å²) in [7, 11) is 1.75. The van der Waals surface area contributed by atoms with Gasteiger partial charge in [-0.1, -0.05) is 13.0 Å². The van der Waals surface area contributed by atoms with Gasteiger partial charge in [-0.3, -0.25) is 4.90 Å². The molecule has 2 heteroatoms. The maximum atomic E-state index is 5.00. The molecule has 0 atom stereocenters. The number of nitrogens with zero attached hydrogens (tertiary/aromatic N) is 1. The smallest absolute Gasteiger partial charge is 0.0474 e. The van der Waals surface area contributed by atoms with Gasteiger partial charge in [-0.15, -0.1) is 6.58 Å². The standard InChI is InChI=1S/C10H21NO/c1-4-7-11(8-5-2)9-6-10-12-3/h4H,1,5-10H2,2-3H3. The highest BCUT2D eigenvalue weighted by Crippen LogP contribution is 1.94. The molecule has 0 radical (unpaired) electrons. The molecule has 0 aliphatic carbocycles. The zero-order chi connectivity index (χ0) is 9.23. The van der Waals surface area contributed by atoms with Gasteiger partial charge in [0.05, 0.1) is 0 Å². The Morgan fingerprint density at radius 2 is 2.17 bits per heavy atom. The van der Waals surface area contributed by atoms with Gasteiger partial charge in [0.2, 0.25) is 0 Å². The molecule has 0 fully saturated rings. The summed E-state index contributed by atoms with van der Waals surface area (Å²) < 4.78 is 5.00. The van der Waals surface area contributed by atoms with Crippen molar-refractivity contribution in [3.63, 3.8) is 0 Å². The van der Waals surface area contributed by atoms with Crippen molar-refractivity contribution in [2.24, 2.45) is 0 Å². The number of ether oxygens (including phenoxy) is 1. The summed E-state index contributed by atoms with van der Waals surface area (Å²) in [5.41, 5.74) is 0. The third-order valence-electron chi connectivity index (χ3n) is 1.75. The molecule has 72 valence electrons. The predicted octanol–water partition coefficient (Wildman–Crippen LogP) is 1.92. The van der Waals surface area contributed by atoms with Crippen LogP contribution in [-0.2, 0) is 4.74 Å². The van der Waals surface area contributed by atoms with Crippen LogP contribution in [0.25, 0.3) is 0 Å². The van der Waals surface area contributed by atoms with Gasteiger partial charge in [0.1, 0.15) is 0 Å². The summed E-state index contributed by atoms with van der Waals surface area (Å²) in [6.07, 6.45) is 4.29. The molecule has 0 aliphatic heterocycles. The summed E-state index contributed by atoms with van der Waals surface area (Å²) in [6.45, 7) is 10.1. The minimum absolute atomic E-state index is 0.858. The van der Waals surface area contributed by atoms with Crippen molar-refractivity contribution >= 4 is 0 Å². The number of rotatable bonds is 8. The highest BCUT2D eigenvalue weighted by atomic mass is 16.5. The first-order chi connectivity index (χ1) is 5.85. The van der Waals surface area contributed by atoms with Crippen molar-refractivity contribution in [2.75, 3.05) is 33.4 Å². The van der Waals surface area contributed by atoms with E-state index in [1.165, 1.54) is 6.42 Å².